The lowest BCUT2D eigenvalue weighted by Crippen LogP contribution is -2.20. The largest absolute Gasteiger partial charge is 0.366 e. The van der Waals surface area contributed by atoms with Gasteiger partial charge < -0.3 is 10.6 Å². The molecular weight excluding hydrogens is 288 g/mol. The molecule has 5 heteroatoms. The summed E-state index contributed by atoms with van der Waals surface area (Å²) in [5.74, 6) is 1.14. The SMILES string of the molecule is Cc1cc(NCc2cccc(NC(=O)C3CCCC3)c2)ncn1. The molecule has 0 atom stereocenters. The van der Waals surface area contributed by atoms with Crippen molar-refractivity contribution in [2.75, 3.05) is 10.6 Å². The highest BCUT2D eigenvalue weighted by molar-refractivity contribution is 5.92. The van der Waals surface area contributed by atoms with Crippen molar-refractivity contribution in [3.8, 4) is 0 Å². The molecule has 1 aromatic heterocycles. The Kier molecular flexibility index (Phi) is 4.86. The second-order valence-electron chi connectivity index (χ2n) is 6.07. The second kappa shape index (κ2) is 7.22. The number of anilines is 2. The molecule has 0 aliphatic heterocycles. The number of carbonyl (C=O) groups excluding carboxylic acids is 1. The zero-order valence-corrected chi connectivity index (χ0v) is 13.4. The summed E-state index contributed by atoms with van der Waals surface area (Å²) in [6.07, 6.45) is 5.91. The highest BCUT2D eigenvalue weighted by Crippen LogP contribution is 2.26. The molecule has 2 aromatic rings. The Bertz CT molecular complexity index is 680. The Labute approximate surface area is 136 Å². The molecule has 1 saturated carbocycles. The molecular formula is C18H22N4O. The van der Waals surface area contributed by atoms with E-state index in [1.54, 1.807) is 6.33 Å². The number of rotatable bonds is 5. The van der Waals surface area contributed by atoms with Gasteiger partial charge in [0, 0.05) is 29.9 Å². The Balaban J connectivity index is 1.59. The number of hydrogen-bond acceptors (Lipinski definition) is 4. The molecule has 0 unspecified atom stereocenters. The van der Waals surface area contributed by atoms with Crippen molar-refractivity contribution in [2.24, 2.45) is 5.92 Å². The van der Waals surface area contributed by atoms with E-state index in [4.69, 9.17) is 0 Å². The van der Waals surface area contributed by atoms with E-state index >= 15 is 0 Å². The predicted molar refractivity (Wildman–Crippen MR) is 91.1 cm³/mol. The molecule has 5 nitrogen and oxygen atoms in total. The minimum absolute atomic E-state index is 0.152. The first-order chi connectivity index (χ1) is 11.2. The number of aryl methyl sites for hydroxylation is 1. The van der Waals surface area contributed by atoms with E-state index in [-0.39, 0.29) is 11.8 Å². The molecule has 0 bridgehead atoms. The summed E-state index contributed by atoms with van der Waals surface area (Å²) in [4.78, 5) is 20.5. The highest BCUT2D eigenvalue weighted by atomic mass is 16.1. The third-order valence-electron chi connectivity index (χ3n) is 4.20. The normalized spacial score (nSPS) is 14.7. The molecule has 1 amide bonds. The van der Waals surface area contributed by atoms with Crippen molar-refractivity contribution in [1.29, 1.82) is 0 Å². The fourth-order valence-corrected chi connectivity index (χ4v) is 2.94. The van der Waals surface area contributed by atoms with Crippen LogP contribution in [0.2, 0.25) is 0 Å². The van der Waals surface area contributed by atoms with Crippen LogP contribution in [0.25, 0.3) is 0 Å². The summed E-state index contributed by atoms with van der Waals surface area (Å²) in [7, 11) is 0. The van der Waals surface area contributed by atoms with Gasteiger partial charge in [-0.1, -0.05) is 25.0 Å². The van der Waals surface area contributed by atoms with E-state index in [2.05, 4.69) is 20.6 Å². The standard InChI is InChI=1S/C18H22N4O/c1-13-9-17(21-12-20-13)19-11-14-5-4-8-16(10-14)22-18(23)15-6-2-3-7-15/h4-5,8-10,12,15H,2-3,6-7,11H2,1H3,(H,22,23)(H,19,20,21). The molecule has 1 aliphatic rings. The molecule has 1 heterocycles. The van der Waals surface area contributed by atoms with Gasteiger partial charge in [-0.05, 0) is 37.5 Å². The summed E-state index contributed by atoms with van der Waals surface area (Å²) < 4.78 is 0. The van der Waals surface area contributed by atoms with Crippen LogP contribution in [-0.4, -0.2) is 15.9 Å². The maximum absolute atomic E-state index is 12.2. The van der Waals surface area contributed by atoms with Crippen molar-refractivity contribution < 1.29 is 4.79 Å². The van der Waals surface area contributed by atoms with Crippen LogP contribution in [0.15, 0.2) is 36.7 Å². The van der Waals surface area contributed by atoms with Gasteiger partial charge in [0.2, 0.25) is 5.91 Å². The molecule has 1 aromatic carbocycles. The van der Waals surface area contributed by atoms with Crippen LogP contribution in [0.5, 0.6) is 0 Å². The minimum Gasteiger partial charge on any atom is -0.366 e. The van der Waals surface area contributed by atoms with E-state index in [0.29, 0.717) is 6.54 Å². The quantitative estimate of drug-likeness (QED) is 0.886. The van der Waals surface area contributed by atoms with Gasteiger partial charge in [-0.3, -0.25) is 4.79 Å². The Morgan fingerprint density at radius 3 is 2.83 bits per heavy atom. The lowest BCUT2D eigenvalue weighted by Gasteiger charge is -2.12. The van der Waals surface area contributed by atoms with E-state index in [9.17, 15) is 4.79 Å². The summed E-state index contributed by atoms with van der Waals surface area (Å²) in [5.41, 5.74) is 2.89. The lowest BCUT2D eigenvalue weighted by atomic mass is 10.1. The first-order valence-electron chi connectivity index (χ1n) is 8.13. The van der Waals surface area contributed by atoms with Gasteiger partial charge in [0.05, 0.1) is 0 Å². The van der Waals surface area contributed by atoms with Gasteiger partial charge in [0.1, 0.15) is 12.1 Å². The number of nitrogens with zero attached hydrogens (tertiary/aromatic N) is 2. The van der Waals surface area contributed by atoms with Gasteiger partial charge >= 0.3 is 0 Å². The first kappa shape index (κ1) is 15.5. The van der Waals surface area contributed by atoms with Crippen molar-refractivity contribution >= 4 is 17.4 Å². The first-order valence-corrected chi connectivity index (χ1v) is 8.13. The smallest absolute Gasteiger partial charge is 0.227 e. The molecule has 0 saturated heterocycles. The minimum atomic E-state index is 0.152. The van der Waals surface area contributed by atoms with Crippen molar-refractivity contribution in [1.82, 2.24) is 9.97 Å². The summed E-state index contributed by atoms with van der Waals surface area (Å²) in [5, 5.41) is 6.31. The predicted octanol–water partition coefficient (Wildman–Crippen LogP) is 3.53. The maximum Gasteiger partial charge on any atom is 0.227 e. The van der Waals surface area contributed by atoms with Crippen LogP contribution in [0.3, 0.4) is 0 Å². The number of amides is 1. The maximum atomic E-state index is 12.2. The summed E-state index contributed by atoms with van der Waals surface area (Å²) in [6.45, 7) is 2.59. The number of carbonyl (C=O) groups is 1. The zero-order valence-electron chi connectivity index (χ0n) is 13.4. The van der Waals surface area contributed by atoms with E-state index in [0.717, 1.165) is 35.6 Å². The van der Waals surface area contributed by atoms with Crippen LogP contribution in [0.1, 0.15) is 36.9 Å². The number of aromatic nitrogens is 2. The van der Waals surface area contributed by atoms with Crippen molar-refractivity contribution in [3.05, 3.63) is 47.9 Å². The molecule has 3 rings (SSSR count). The van der Waals surface area contributed by atoms with E-state index in [1.165, 1.54) is 12.8 Å². The van der Waals surface area contributed by atoms with Gasteiger partial charge in [-0.15, -0.1) is 0 Å². The Morgan fingerprint density at radius 2 is 2.04 bits per heavy atom. The number of nitrogens with one attached hydrogen (secondary N) is 2. The summed E-state index contributed by atoms with van der Waals surface area (Å²) >= 11 is 0. The van der Waals surface area contributed by atoms with Crippen LogP contribution >= 0.6 is 0 Å². The second-order valence-corrected chi connectivity index (χ2v) is 6.07. The number of benzene rings is 1. The number of hydrogen-bond donors (Lipinski definition) is 2. The molecule has 2 N–H and O–H groups in total. The third-order valence-corrected chi connectivity index (χ3v) is 4.20. The molecule has 0 radical (unpaired) electrons. The van der Waals surface area contributed by atoms with Crippen LogP contribution in [-0.2, 0) is 11.3 Å². The van der Waals surface area contributed by atoms with E-state index in [1.807, 2.05) is 37.3 Å². The van der Waals surface area contributed by atoms with Gasteiger partial charge in [0.25, 0.3) is 0 Å². The topological polar surface area (TPSA) is 66.9 Å². The van der Waals surface area contributed by atoms with E-state index < -0.39 is 0 Å². The Hall–Kier alpha value is -2.43. The average Bonchev–Trinajstić information content (AvgIpc) is 3.08. The van der Waals surface area contributed by atoms with Gasteiger partial charge in [-0.2, -0.15) is 0 Å². The molecule has 0 spiro atoms. The van der Waals surface area contributed by atoms with Gasteiger partial charge in [-0.25, -0.2) is 9.97 Å². The summed E-state index contributed by atoms with van der Waals surface area (Å²) in [6, 6.07) is 9.85. The van der Waals surface area contributed by atoms with Gasteiger partial charge in [0.15, 0.2) is 0 Å². The monoisotopic (exact) mass is 310 g/mol. The van der Waals surface area contributed by atoms with Crippen molar-refractivity contribution in [2.45, 2.75) is 39.2 Å². The molecule has 1 aliphatic carbocycles. The average molecular weight is 310 g/mol. The Morgan fingerprint density at radius 1 is 1.22 bits per heavy atom. The fraction of sp³-hybridized carbons (Fsp3) is 0.389. The van der Waals surface area contributed by atoms with Crippen LogP contribution < -0.4 is 10.6 Å². The van der Waals surface area contributed by atoms with Crippen LogP contribution in [0, 0.1) is 12.8 Å². The molecule has 120 valence electrons. The van der Waals surface area contributed by atoms with Crippen LogP contribution in [0.4, 0.5) is 11.5 Å². The van der Waals surface area contributed by atoms with Crippen molar-refractivity contribution in [3.63, 3.8) is 0 Å². The zero-order chi connectivity index (χ0) is 16.1. The fourth-order valence-electron chi connectivity index (χ4n) is 2.94. The third kappa shape index (κ3) is 4.28. The molecule has 23 heavy (non-hydrogen) atoms. The lowest BCUT2D eigenvalue weighted by molar-refractivity contribution is -0.119. The molecule has 1 fully saturated rings. The highest BCUT2D eigenvalue weighted by Gasteiger charge is 2.22.